The number of esters is 1. The summed E-state index contributed by atoms with van der Waals surface area (Å²) in [6, 6.07) is 33.0. The number of hydrogen-bond donors (Lipinski definition) is 0. The van der Waals surface area contributed by atoms with Gasteiger partial charge < -0.3 is 4.74 Å². The third kappa shape index (κ3) is 5.60. The molecule has 0 radical (unpaired) electrons. The van der Waals surface area contributed by atoms with Crippen molar-refractivity contribution >= 4 is 5.97 Å². The number of carbonyl (C=O) groups is 1. The summed E-state index contributed by atoms with van der Waals surface area (Å²) >= 11 is 0. The zero-order valence-corrected chi connectivity index (χ0v) is 19.5. The highest BCUT2D eigenvalue weighted by atomic mass is 16.5. The zero-order valence-electron chi connectivity index (χ0n) is 19.5. The van der Waals surface area contributed by atoms with Crippen molar-refractivity contribution in [2.24, 2.45) is 5.92 Å². The van der Waals surface area contributed by atoms with Crippen LogP contribution >= 0.6 is 0 Å². The summed E-state index contributed by atoms with van der Waals surface area (Å²) in [6.45, 7) is 4.49. The Balaban J connectivity index is 1.39. The predicted octanol–water partition coefficient (Wildman–Crippen LogP) is 7.70. The fraction of sp³-hybridized carbons (Fsp3) is 0.161. The minimum atomic E-state index is -0.387. The van der Waals surface area contributed by atoms with Crippen molar-refractivity contribution in [1.82, 2.24) is 0 Å². The van der Waals surface area contributed by atoms with Gasteiger partial charge in [0.1, 0.15) is 5.75 Å². The number of ether oxygens (including phenoxy) is 1. The fourth-order valence-electron chi connectivity index (χ4n) is 3.80. The molecule has 4 aromatic rings. The van der Waals surface area contributed by atoms with E-state index in [9.17, 15) is 4.79 Å². The number of hydrogen-bond acceptors (Lipinski definition) is 3. The quantitative estimate of drug-likeness (QED) is 0.216. The first-order valence-electron chi connectivity index (χ1n) is 11.6. The topological polar surface area (TPSA) is 50.1 Å². The molecule has 3 heteroatoms. The van der Waals surface area contributed by atoms with E-state index in [1.807, 2.05) is 36.4 Å². The third-order valence-electron chi connectivity index (χ3n) is 6.10. The second-order valence-electron chi connectivity index (χ2n) is 8.59. The van der Waals surface area contributed by atoms with Crippen molar-refractivity contribution in [3.63, 3.8) is 0 Å². The van der Waals surface area contributed by atoms with Crippen LogP contribution in [0.4, 0.5) is 0 Å². The van der Waals surface area contributed by atoms with Crippen molar-refractivity contribution in [2.75, 3.05) is 0 Å². The first-order valence-corrected chi connectivity index (χ1v) is 11.6. The molecule has 0 aliphatic heterocycles. The Morgan fingerprint density at radius 3 is 1.74 bits per heavy atom. The summed E-state index contributed by atoms with van der Waals surface area (Å²) in [5.41, 5.74) is 6.67. The second kappa shape index (κ2) is 10.6. The first kappa shape index (κ1) is 23.0. The lowest BCUT2D eigenvalue weighted by molar-refractivity contribution is 0.0735. The van der Waals surface area contributed by atoms with Gasteiger partial charge in [-0.1, -0.05) is 80.9 Å². The molecule has 0 bridgehead atoms. The molecule has 4 aromatic carbocycles. The van der Waals surface area contributed by atoms with Gasteiger partial charge in [-0.2, -0.15) is 5.26 Å². The van der Waals surface area contributed by atoms with Crippen molar-refractivity contribution in [2.45, 2.75) is 26.7 Å². The smallest absolute Gasteiger partial charge is 0.343 e. The minimum Gasteiger partial charge on any atom is -0.423 e. The summed E-state index contributed by atoms with van der Waals surface area (Å²) in [5, 5.41) is 8.93. The normalized spacial score (nSPS) is 11.4. The van der Waals surface area contributed by atoms with Crippen LogP contribution in [0.5, 0.6) is 5.75 Å². The van der Waals surface area contributed by atoms with E-state index in [4.69, 9.17) is 10.00 Å². The van der Waals surface area contributed by atoms with E-state index in [1.54, 1.807) is 36.4 Å². The molecule has 0 aliphatic carbocycles. The van der Waals surface area contributed by atoms with E-state index in [0.717, 1.165) is 28.7 Å². The van der Waals surface area contributed by atoms with Crippen LogP contribution in [0.2, 0.25) is 0 Å². The molecule has 168 valence electrons. The van der Waals surface area contributed by atoms with Crippen LogP contribution in [0.3, 0.4) is 0 Å². The van der Waals surface area contributed by atoms with Gasteiger partial charge in [0.05, 0.1) is 17.2 Å². The second-order valence-corrected chi connectivity index (χ2v) is 8.59. The van der Waals surface area contributed by atoms with Crippen molar-refractivity contribution in [3.8, 4) is 34.1 Å². The molecular formula is C31H27NO2. The maximum atomic E-state index is 12.6. The summed E-state index contributed by atoms with van der Waals surface area (Å²) in [7, 11) is 0. The molecule has 34 heavy (non-hydrogen) atoms. The lowest BCUT2D eigenvalue weighted by Crippen LogP contribution is -2.08. The Kier molecular flexibility index (Phi) is 7.20. The van der Waals surface area contributed by atoms with E-state index >= 15 is 0 Å². The van der Waals surface area contributed by atoms with Gasteiger partial charge in [-0.05, 0) is 76.6 Å². The summed E-state index contributed by atoms with van der Waals surface area (Å²) in [4.78, 5) is 12.6. The number of nitrogens with zero attached hydrogens (tertiary/aromatic N) is 1. The van der Waals surface area contributed by atoms with Crippen molar-refractivity contribution in [3.05, 3.63) is 114 Å². The number of nitriles is 1. The maximum Gasteiger partial charge on any atom is 0.343 e. The molecule has 0 spiro atoms. The summed E-state index contributed by atoms with van der Waals surface area (Å²) < 4.78 is 5.55. The average Bonchev–Trinajstić information content (AvgIpc) is 2.89. The Hall–Kier alpha value is -4.16. The average molecular weight is 446 g/mol. The highest BCUT2D eigenvalue weighted by Gasteiger charge is 2.10. The molecule has 1 atom stereocenters. The molecule has 0 heterocycles. The van der Waals surface area contributed by atoms with Crippen LogP contribution in [0.1, 0.15) is 41.8 Å². The number of benzene rings is 4. The SMILES string of the molecule is CCC(C)Cc1ccc(-c2ccc(C(=O)Oc3ccc(-c4ccc(C#N)cc4)cc3)cc2)cc1. The van der Waals surface area contributed by atoms with E-state index in [0.29, 0.717) is 22.8 Å². The van der Waals surface area contributed by atoms with Gasteiger partial charge in [-0.3, -0.25) is 0 Å². The van der Waals surface area contributed by atoms with Crippen molar-refractivity contribution in [1.29, 1.82) is 5.26 Å². The third-order valence-corrected chi connectivity index (χ3v) is 6.10. The number of rotatable bonds is 7. The van der Waals surface area contributed by atoms with Gasteiger partial charge in [0, 0.05) is 0 Å². The molecule has 0 N–H and O–H groups in total. The van der Waals surface area contributed by atoms with Crippen molar-refractivity contribution < 1.29 is 9.53 Å². The molecule has 0 aliphatic rings. The molecule has 0 saturated heterocycles. The van der Waals surface area contributed by atoms with E-state index < -0.39 is 0 Å². The van der Waals surface area contributed by atoms with E-state index in [1.165, 1.54) is 12.0 Å². The standard InChI is InChI=1S/C31H27NO2/c1-3-22(2)20-23-4-8-25(9-5-23)27-12-14-29(15-13-27)31(33)34-30-18-16-28(17-19-30)26-10-6-24(21-32)7-11-26/h4-19,22H,3,20H2,1-2H3. The van der Waals surface area contributed by atoms with Crippen LogP contribution in [-0.4, -0.2) is 5.97 Å². The molecule has 3 nitrogen and oxygen atoms in total. The monoisotopic (exact) mass is 445 g/mol. The summed E-state index contributed by atoms with van der Waals surface area (Å²) in [6.07, 6.45) is 2.27. The van der Waals surface area contributed by atoms with E-state index in [2.05, 4.69) is 44.2 Å². The van der Waals surface area contributed by atoms with Crippen LogP contribution in [0, 0.1) is 17.2 Å². The van der Waals surface area contributed by atoms with Gasteiger partial charge in [-0.25, -0.2) is 4.79 Å². The van der Waals surface area contributed by atoms with Gasteiger partial charge in [-0.15, -0.1) is 0 Å². The highest BCUT2D eigenvalue weighted by molar-refractivity contribution is 5.91. The van der Waals surface area contributed by atoms with Crippen LogP contribution in [-0.2, 0) is 6.42 Å². The Morgan fingerprint density at radius 2 is 1.24 bits per heavy atom. The lowest BCUT2D eigenvalue weighted by atomic mass is 9.96. The fourth-order valence-corrected chi connectivity index (χ4v) is 3.80. The zero-order chi connectivity index (χ0) is 23.9. The Bertz CT molecular complexity index is 1280. The van der Waals surface area contributed by atoms with Crippen LogP contribution in [0.15, 0.2) is 97.1 Å². The maximum absolute atomic E-state index is 12.6. The predicted molar refractivity (Wildman–Crippen MR) is 137 cm³/mol. The number of carbonyl (C=O) groups excluding carboxylic acids is 1. The lowest BCUT2D eigenvalue weighted by Gasteiger charge is -2.10. The van der Waals surface area contributed by atoms with E-state index in [-0.39, 0.29) is 5.97 Å². The Morgan fingerprint density at radius 1 is 0.765 bits per heavy atom. The molecular weight excluding hydrogens is 418 g/mol. The molecule has 0 saturated carbocycles. The molecule has 1 unspecified atom stereocenters. The molecule has 0 aromatic heterocycles. The van der Waals surface area contributed by atoms with Gasteiger partial charge in [0.25, 0.3) is 0 Å². The van der Waals surface area contributed by atoms with Gasteiger partial charge in [0.15, 0.2) is 0 Å². The first-order chi connectivity index (χ1) is 16.6. The van der Waals surface area contributed by atoms with Crippen LogP contribution < -0.4 is 4.74 Å². The molecule has 4 rings (SSSR count). The summed E-state index contributed by atoms with van der Waals surface area (Å²) in [5.74, 6) is 0.785. The largest absolute Gasteiger partial charge is 0.423 e. The molecule has 0 amide bonds. The molecule has 0 fully saturated rings. The van der Waals surface area contributed by atoms with Crippen LogP contribution in [0.25, 0.3) is 22.3 Å². The highest BCUT2D eigenvalue weighted by Crippen LogP contribution is 2.25. The van der Waals surface area contributed by atoms with Gasteiger partial charge in [0.2, 0.25) is 0 Å². The van der Waals surface area contributed by atoms with Gasteiger partial charge >= 0.3 is 5.97 Å². The minimum absolute atomic E-state index is 0.387. The Labute approximate surface area is 201 Å².